The van der Waals surface area contributed by atoms with Crippen molar-refractivity contribution in [2.45, 2.75) is 89.1 Å². The Balaban J connectivity index is 1.74. The molecular formula is C33H47N3O5. The van der Waals surface area contributed by atoms with Crippen LogP contribution in [0.2, 0.25) is 0 Å². The summed E-state index contributed by atoms with van der Waals surface area (Å²) in [5, 5.41) is 9.29. The zero-order chi connectivity index (χ0) is 30.0. The predicted octanol–water partition coefficient (Wildman–Crippen LogP) is 3.94. The van der Waals surface area contributed by atoms with Gasteiger partial charge in [-0.2, -0.15) is 0 Å². The number of ether oxygens (including phenoxy) is 1. The normalized spacial score (nSPS) is 28.5. The lowest BCUT2D eigenvalue weighted by molar-refractivity contribution is -0.156. The molecule has 1 spiro atoms. The van der Waals surface area contributed by atoms with Gasteiger partial charge in [0, 0.05) is 38.3 Å². The molecule has 0 aromatic heterocycles. The smallest absolute Gasteiger partial charge is 0.249 e. The summed E-state index contributed by atoms with van der Waals surface area (Å²) in [5.41, 5.74) is -1.43. The molecule has 3 fully saturated rings. The third-order valence-corrected chi connectivity index (χ3v) is 9.10. The lowest BCUT2D eigenvalue weighted by Crippen LogP contribution is -2.60. The van der Waals surface area contributed by atoms with E-state index in [4.69, 9.17) is 4.74 Å². The molecule has 0 saturated carbocycles. The highest BCUT2D eigenvalue weighted by Gasteiger charge is 2.78. The number of amides is 3. The molecule has 2 bridgehead atoms. The van der Waals surface area contributed by atoms with Gasteiger partial charge in [0.15, 0.2) is 0 Å². The topological polar surface area (TPSA) is 90.4 Å². The summed E-state index contributed by atoms with van der Waals surface area (Å²) in [7, 11) is 0. The molecule has 5 atom stereocenters. The second-order valence-electron chi connectivity index (χ2n) is 12.9. The van der Waals surface area contributed by atoms with Gasteiger partial charge in [-0.15, -0.1) is 13.2 Å². The minimum absolute atomic E-state index is 0.0819. The van der Waals surface area contributed by atoms with Crippen molar-refractivity contribution < 1.29 is 24.2 Å². The van der Waals surface area contributed by atoms with Crippen molar-refractivity contribution in [2.75, 3.05) is 26.2 Å². The van der Waals surface area contributed by atoms with Crippen LogP contribution < -0.4 is 0 Å². The molecule has 3 aliphatic rings. The molecule has 41 heavy (non-hydrogen) atoms. The minimum Gasteiger partial charge on any atom is -0.396 e. The van der Waals surface area contributed by atoms with E-state index < -0.39 is 34.6 Å². The van der Waals surface area contributed by atoms with Gasteiger partial charge in [-0.05, 0) is 65.4 Å². The number of hydrogen-bond acceptors (Lipinski definition) is 5. The molecule has 2 unspecified atom stereocenters. The fourth-order valence-electron chi connectivity index (χ4n) is 7.25. The standard InChI is InChI=1S/C33H47N3O5/c1-7-19-34(23-24-15-11-9-12-16-24)28(38)25-26-29(39)35(21-13-10-14-22-37)27(33(26)18-17-32(25,6)41-33)30(40)36(20-8-2)31(3,4)5/h7-9,11-12,15-16,25-27,37H,1-2,10,13-14,17-23H2,3-6H3/t25-,26-,27?,32+,33?/m0/s1. The van der Waals surface area contributed by atoms with Gasteiger partial charge in [0.25, 0.3) is 0 Å². The van der Waals surface area contributed by atoms with E-state index in [2.05, 4.69) is 13.2 Å². The average Bonchev–Trinajstić information content (AvgIpc) is 3.49. The Kier molecular flexibility index (Phi) is 9.14. The van der Waals surface area contributed by atoms with Crippen molar-refractivity contribution >= 4 is 17.7 Å². The number of carbonyl (C=O) groups excluding carboxylic acids is 3. The number of hydrogen-bond donors (Lipinski definition) is 1. The Hall–Kier alpha value is -2.97. The van der Waals surface area contributed by atoms with Crippen LogP contribution in [0.5, 0.6) is 0 Å². The number of aliphatic hydroxyl groups excluding tert-OH is 1. The molecule has 224 valence electrons. The van der Waals surface area contributed by atoms with Crippen LogP contribution in [-0.4, -0.2) is 86.6 Å². The molecule has 3 amide bonds. The lowest BCUT2D eigenvalue weighted by Gasteiger charge is -2.42. The predicted molar refractivity (Wildman–Crippen MR) is 159 cm³/mol. The number of unbranched alkanes of at least 4 members (excludes halogenated alkanes) is 2. The lowest BCUT2D eigenvalue weighted by atomic mass is 9.66. The monoisotopic (exact) mass is 565 g/mol. The highest BCUT2D eigenvalue weighted by Crippen LogP contribution is 2.63. The summed E-state index contributed by atoms with van der Waals surface area (Å²) >= 11 is 0. The highest BCUT2D eigenvalue weighted by atomic mass is 16.5. The Bertz CT molecular complexity index is 1150. The van der Waals surface area contributed by atoms with Gasteiger partial charge in [-0.1, -0.05) is 42.5 Å². The molecule has 0 aliphatic carbocycles. The zero-order valence-electron chi connectivity index (χ0n) is 25.2. The number of fused-ring (bicyclic) bond motifs is 1. The maximum absolute atomic E-state index is 14.5. The van der Waals surface area contributed by atoms with Crippen LogP contribution in [0.4, 0.5) is 0 Å². The van der Waals surface area contributed by atoms with Gasteiger partial charge < -0.3 is 24.5 Å². The number of rotatable bonds is 13. The molecule has 1 N–H and O–H groups in total. The van der Waals surface area contributed by atoms with E-state index in [-0.39, 0.29) is 24.3 Å². The van der Waals surface area contributed by atoms with Crippen molar-refractivity contribution in [1.82, 2.24) is 14.7 Å². The first-order chi connectivity index (χ1) is 19.4. The second kappa shape index (κ2) is 12.1. The van der Waals surface area contributed by atoms with Crippen molar-refractivity contribution in [3.05, 3.63) is 61.2 Å². The number of aliphatic hydroxyl groups is 1. The van der Waals surface area contributed by atoms with Crippen LogP contribution in [0.25, 0.3) is 0 Å². The first kappa shape index (κ1) is 31.0. The van der Waals surface area contributed by atoms with Crippen LogP contribution in [0, 0.1) is 11.8 Å². The Labute approximate surface area is 245 Å². The number of carbonyl (C=O) groups is 3. The summed E-state index contributed by atoms with van der Waals surface area (Å²) in [6.45, 7) is 17.2. The molecule has 8 nitrogen and oxygen atoms in total. The van der Waals surface area contributed by atoms with Gasteiger partial charge in [0.1, 0.15) is 11.6 Å². The van der Waals surface area contributed by atoms with Crippen LogP contribution in [0.1, 0.15) is 65.4 Å². The fraction of sp³-hybridized carbons (Fsp3) is 0.606. The van der Waals surface area contributed by atoms with Crippen LogP contribution in [0.3, 0.4) is 0 Å². The summed E-state index contributed by atoms with van der Waals surface area (Å²) < 4.78 is 6.84. The van der Waals surface area contributed by atoms with Gasteiger partial charge >= 0.3 is 0 Å². The van der Waals surface area contributed by atoms with Crippen molar-refractivity contribution in [2.24, 2.45) is 11.8 Å². The Morgan fingerprint density at radius 2 is 1.76 bits per heavy atom. The number of benzene rings is 1. The van der Waals surface area contributed by atoms with E-state index in [9.17, 15) is 19.5 Å². The van der Waals surface area contributed by atoms with E-state index in [1.165, 1.54) is 0 Å². The number of likely N-dealkylation sites (tertiary alicyclic amines) is 1. The maximum atomic E-state index is 14.5. The van der Waals surface area contributed by atoms with E-state index in [0.717, 1.165) is 12.0 Å². The Morgan fingerprint density at radius 1 is 1.07 bits per heavy atom. The van der Waals surface area contributed by atoms with E-state index in [0.29, 0.717) is 51.9 Å². The van der Waals surface area contributed by atoms with Gasteiger partial charge in [0.2, 0.25) is 17.7 Å². The largest absolute Gasteiger partial charge is 0.396 e. The van der Waals surface area contributed by atoms with Gasteiger partial charge in [-0.3, -0.25) is 14.4 Å². The average molecular weight is 566 g/mol. The molecular weight excluding hydrogens is 518 g/mol. The molecule has 0 radical (unpaired) electrons. The Morgan fingerprint density at radius 3 is 2.37 bits per heavy atom. The third-order valence-electron chi connectivity index (χ3n) is 9.10. The first-order valence-corrected chi connectivity index (χ1v) is 14.9. The van der Waals surface area contributed by atoms with Crippen LogP contribution in [-0.2, 0) is 25.7 Å². The first-order valence-electron chi connectivity index (χ1n) is 14.9. The van der Waals surface area contributed by atoms with Gasteiger partial charge in [-0.25, -0.2) is 0 Å². The molecule has 1 aromatic rings. The maximum Gasteiger partial charge on any atom is 0.249 e. The molecule has 3 aliphatic heterocycles. The molecule has 8 heteroatoms. The molecule has 3 heterocycles. The summed E-state index contributed by atoms with van der Waals surface area (Å²) in [5.74, 6) is -1.93. The minimum atomic E-state index is -1.07. The molecule has 1 aromatic carbocycles. The van der Waals surface area contributed by atoms with Crippen molar-refractivity contribution in [3.63, 3.8) is 0 Å². The van der Waals surface area contributed by atoms with Crippen molar-refractivity contribution in [1.29, 1.82) is 0 Å². The summed E-state index contributed by atoms with van der Waals surface area (Å²) in [6.07, 6.45) is 6.57. The van der Waals surface area contributed by atoms with E-state index >= 15 is 0 Å². The zero-order valence-corrected chi connectivity index (χ0v) is 25.2. The summed E-state index contributed by atoms with van der Waals surface area (Å²) in [4.78, 5) is 48.5. The number of nitrogens with zero attached hydrogens (tertiary/aromatic N) is 3. The van der Waals surface area contributed by atoms with E-state index in [1.807, 2.05) is 58.0 Å². The fourth-order valence-corrected chi connectivity index (χ4v) is 7.25. The van der Waals surface area contributed by atoms with E-state index in [1.54, 1.807) is 26.9 Å². The highest BCUT2D eigenvalue weighted by molar-refractivity contribution is 5.99. The quantitative estimate of drug-likeness (QED) is 0.289. The van der Waals surface area contributed by atoms with Crippen molar-refractivity contribution in [3.8, 4) is 0 Å². The van der Waals surface area contributed by atoms with Crippen LogP contribution in [0.15, 0.2) is 55.6 Å². The summed E-state index contributed by atoms with van der Waals surface area (Å²) in [6, 6.07) is 8.96. The molecule has 3 saturated heterocycles. The van der Waals surface area contributed by atoms with Crippen LogP contribution >= 0.6 is 0 Å². The second-order valence-corrected chi connectivity index (χ2v) is 12.9. The third kappa shape index (κ3) is 5.61. The van der Waals surface area contributed by atoms with Gasteiger partial charge in [0.05, 0.1) is 17.4 Å². The SMILES string of the molecule is C=CCN(Cc1ccccc1)C(=O)[C@@H]1[C@H]2C(=O)N(CCCCCO)C(C(=O)N(CC=C)C(C)(C)C)C23CC[C@@]1(C)O3. The molecule has 4 rings (SSSR count).